The number of nitrogens with one attached hydrogen (secondary N) is 2. The van der Waals surface area contributed by atoms with Crippen LogP contribution in [0.3, 0.4) is 0 Å². The lowest BCUT2D eigenvalue weighted by Gasteiger charge is -2.21. The highest BCUT2D eigenvalue weighted by Gasteiger charge is 2.13. The van der Waals surface area contributed by atoms with E-state index in [1.165, 1.54) is 6.33 Å². The summed E-state index contributed by atoms with van der Waals surface area (Å²) in [5, 5.41) is 6.06. The quantitative estimate of drug-likeness (QED) is 0.887. The van der Waals surface area contributed by atoms with Crippen LogP contribution in [0.2, 0.25) is 0 Å². The standard InChI is InChI=1S/C17H22N4O2/c1-17(2,3)21-15-9-13(19-11-20-15)16(22)18-10-12-7-5-6-8-14(12)23-4/h5-9,11H,10H2,1-4H3,(H,18,22)(H,19,20,21). The van der Waals surface area contributed by atoms with Crippen molar-refractivity contribution in [3.8, 4) is 5.75 Å². The summed E-state index contributed by atoms with van der Waals surface area (Å²) in [6.07, 6.45) is 1.38. The van der Waals surface area contributed by atoms with Crippen LogP contribution in [0.25, 0.3) is 0 Å². The van der Waals surface area contributed by atoms with Gasteiger partial charge in [0, 0.05) is 23.7 Å². The molecule has 23 heavy (non-hydrogen) atoms. The number of benzene rings is 1. The highest BCUT2D eigenvalue weighted by Crippen LogP contribution is 2.17. The predicted octanol–water partition coefficient (Wildman–Crippen LogP) is 2.63. The molecule has 1 heterocycles. The molecule has 0 radical (unpaired) electrons. The van der Waals surface area contributed by atoms with Crippen LogP contribution < -0.4 is 15.4 Å². The number of hydrogen-bond donors (Lipinski definition) is 2. The first kappa shape index (κ1) is 16.7. The molecular weight excluding hydrogens is 292 g/mol. The van der Waals surface area contributed by atoms with Crippen molar-refractivity contribution in [1.82, 2.24) is 15.3 Å². The van der Waals surface area contributed by atoms with Crippen LogP contribution in [-0.4, -0.2) is 28.5 Å². The molecule has 0 aliphatic rings. The minimum Gasteiger partial charge on any atom is -0.496 e. The molecule has 0 spiro atoms. The van der Waals surface area contributed by atoms with Gasteiger partial charge in [-0.3, -0.25) is 4.79 Å². The Morgan fingerprint density at radius 1 is 1.22 bits per heavy atom. The molecular formula is C17H22N4O2. The number of carbonyl (C=O) groups excluding carboxylic acids is 1. The molecule has 6 heteroatoms. The van der Waals surface area contributed by atoms with Crippen molar-refractivity contribution in [2.24, 2.45) is 0 Å². The summed E-state index contributed by atoms with van der Waals surface area (Å²) in [5.41, 5.74) is 1.09. The highest BCUT2D eigenvalue weighted by molar-refractivity contribution is 5.92. The number of ether oxygens (including phenoxy) is 1. The molecule has 0 atom stereocenters. The van der Waals surface area contributed by atoms with E-state index in [1.807, 2.05) is 45.0 Å². The van der Waals surface area contributed by atoms with Gasteiger partial charge < -0.3 is 15.4 Å². The van der Waals surface area contributed by atoms with Gasteiger partial charge in [0.05, 0.1) is 7.11 Å². The van der Waals surface area contributed by atoms with E-state index in [1.54, 1.807) is 13.2 Å². The van der Waals surface area contributed by atoms with Crippen molar-refractivity contribution in [3.63, 3.8) is 0 Å². The van der Waals surface area contributed by atoms with Gasteiger partial charge in [0.15, 0.2) is 0 Å². The molecule has 2 N–H and O–H groups in total. The summed E-state index contributed by atoms with van der Waals surface area (Å²) < 4.78 is 5.27. The molecule has 0 bridgehead atoms. The lowest BCUT2D eigenvalue weighted by atomic mass is 10.1. The number of carbonyl (C=O) groups is 1. The first-order valence-electron chi connectivity index (χ1n) is 7.39. The van der Waals surface area contributed by atoms with Gasteiger partial charge in [-0.1, -0.05) is 18.2 Å². The van der Waals surface area contributed by atoms with Gasteiger partial charge in [0.25, 0.3) is 5.91 Å². The molecule has 0 aliphatic heterocycles. The van der Waals surface area contributed by atoms with E-state index < -0.39 is 0 Å². The molecule has 1 aromatic heterocycles. The summed E-state index contributed by atoms with van der Waals surface area (Å²) in [4.78, 5) is 20.4. The van der Waals surface area contributed by atoms with Crippen LogP contribution in [0.4, 0.5) is 5.82 Å². The average molecular weight is 314 g/mol. The minimum atomic E-state index is -0.254. The van der Waals surface area contributed by atoms with Crippen molar-refractivity contribution in [2.45, 2.75) is 32.9 Å². The Hall–Kier alpha value is -2.63. The second kappa shape index (κ2) is 7.09. The van der Waals surface area contributed by atoms with Gasteiger partial charge in [-0.25, -0.2) is 9.97 Å². The zero-order valence-electron chi connectivity index (χ0n) is 13.9. The molecule has 0 fully saturated rings. The third-order valence-electron chi connectivity index (χ3n) is 3.03. The predicted molar refractivity (Wildman–Crippen MR) is 89.6 cm³/mol. The number of nitrogens with zero attached hydrogens (tertiary/aromatic N) is 2. The molecule has 2 rings (SSSR count). The second-order valence-corrected chi connectivity index (χ2v) is 6.16. The molecule has 6 nitrogen and oxygen atoms in total. The van der Waals surface area contributed by atoms with Crippen molar-refractivity contribution in [3.05, 3.63) is 47.9 Å². The number of hydrogen-bond acceptors (Lipinski definition) is 5. The average Bonchev–Trinajstić information content (AvgIpc) is 2.51. The number of rotatable bonds is 5. The first-order valence-corrected chi connectivity index (χ1v) is 7.39. The highest BCUT2D eigenvalue weighted by atomic mass is 16.5. The normalized spacial score (nSPS) is 11.0. The van der Waals surface area contributed by atoms with Gasteiger partial charge in [-0.15, -0.1) is 0 Å². The monoisotopic (exact) mass is 314 g/mol. The van der Waals surface area contributed by atoms with Crippen LogP contribution in [-0.2, 0) is 6.54 Å². The van der Waals surface area contributed by atoms with Gasteiger partial charge in [0.1, 0.15) is 23.6 Å². The van der Waals surface area contributed by atoms with Crippen molar-refractivity contribution >= 4 is 11.7 Å². The van der Waals surface area contributed by atoms with Gasteiger partial charge in [-0.05, 0) is 26.8 Å². The van der Waals surface area contributed by atoms with Crippen LogP contribution in [0.5, 0.6) is 5.75 Å². The first-order chi connectivity index (χ1) is 10.9. The maximum Gasteiger partial charge on any atom is 0.270 e. The Labute approximate surface area is 136 Å². The number of anilines is 1. The summed E-state index contributed by atoms with van der Waals surface area (Å²) >= 11 is 0. The minimum absolute atomic E-state index is 0.139. The maximum atomic E-state index is 12.3. The van der Waals surface area contributed by atoms with E-state index in [-0.39, 0.29) is 11.4 Å². The van der Waals surface area contributed by atoms with Crippen molar-refractivity contribution < 1.29 is 9.53 Å². The molecule has 1 amide bonds. The topological polar surface area (TPSA) is 76.1 Å². The van der Waals surface area contributed by atoms with Crippen LogP contribution >= 0.6 is 0 Å². The summed E-state index contributed by atoms with van der Waals surface area (Å²) in [5.74, 6) is 1.11. The molecule has 0 saturated heterocycles. The zero-order chi connectivity index (χ0) is 16.9. The number of aromatic nitrogens is 2. The SMILES string of the molecule is COc1ccccc1CNC(=O)c1cc(NC(C)(C)C)ncn1. The van der Waals surface area contributed by atoms with E-state index >= 15 is 0 Å². The zero-order valence-corrected chi connectivity index (χ0v) is 13.9. The Morgan fingerprint density at radius 2 is 1.96 bits per heavy atom. The van der Waals surface area contributed by atoms with E-state index in [4.69, 9.17) is 4.74 Å². The largest absolute Gasteiger partial charge is 0.496 e. The fraction of sp³-hybridized carbons (Fsp3) is 0.353. The van der Waals surface area contributed by atoms with Crippen LogP contribution in [0.15, 0.2) is 36.7 Å². The summed E-state index contributed by atoms with van der Waals surface area (Å²) in [7, 11) is 1.61. The summed E-state index contributed by atoms with van der Waals surface area (Å²) in [6.45, 7) is 6.44. The third kappa shape index (κ3) is 4.95. The van der Waals surface area contributed by atoms with Crippen LogP contribution in [0.1, 0.15) is 36.8 Å². The van der Waals surface area contributed by atoms with E-state index in [9.17, 15) is 4.79 Å². The number of amides is 1. The Bertz CT molecular complexity index is 680. The van der Waals surface area contributed by atoms with E-state index in [2.05, 4.69) is 20.6 Å². The van der Waals surface area contributed by atoms with Crippen LogP contribution in [0, 0.1) is 0 Å². The van der Waals surface area contributed by atoms with Gasteiger partial charge >= 0.3 is 0 Å². The second-order valence-electron chi connectivity index (χ2n) is 6.16. The Kier molecular flexibility index (Phi) is 5.16. The third-order valence-corrected chi connectivity index (χ3v) is 3.03. The summed E-state index contributed by atoms with van der Waals surface area (Å²) in [6, 6.07) is 9.20. The lowest BCUT2D eigenvalue weighted by Crippen LogP contribution is -2.28. The Morgan fingerprint density at radius 3 is 2.65 bits per heavy atom. The van der Waals surface area contributed by atoms with Crippen molar-refractivity contribution in [2.75, 3.05) is 12.4 Å². The fourth-order valence-corrected chi connectivity index (χ4v) is 2.05. The number of methoxy groups -OCH3 is 1. The molecule has 122 valence electrons. The maximum absolute atomic E-state index is 12.3. The van der Waals surface area contributed by atoms with E-state index in [0.717, 1.165) is 11.3 Å². The van der Waals surface area contributed by atoms with Gasteiger partial charge in [-0.2, -0.15) is 0 Å². The molecule has 2 aromatic rings. The Balaban J connectivity index is 2.05. The fourth-order valence-electron chi connectivity index (χ4n) is 2.05. The number of para-hydroxylation sites is 1. The molecule has 1 aromatic carbocycles. The smallest absolute Gasteiger partial charge is 0.270 e. The van der Waals surface area contributed by atoms with E-state index in [0.29, 0.717) is 18.1 Å². The van der Waals surface area contributed by atoms with Gasteiger partial charge in [0.2, 0.25) is 0 Å². The molecule has 0 saturated carbocycles. The van der Waals surface area contributed by atoms with Crippen molar-refractivity contribution in [1.29, 1.82) is 0 Å². The lowest BCUT2D eigenvalue weighted by molar-refractivity contribution is 0.0945. The molecule has 0 aliphatic carbocycles. The molecule has 0 unspecified atom stereocenters.